The zero-order valence-electron chi connectivity index (χ0n) is 33.2. The summed E-state index contributed by atoms with van der Waals surface area (Å²) >= 11 is 0. The molecule has 3 aromatic carbocycles. The van der Waals surface area contributed by atoms with E-state index in [0.29, 0.717) is 37.2 Å². The van der Waals surface area contributed by atoms with Crippen molar-refractivity contribution in [2.24, 2.45) is 0 Å². The van der Waals surface area contributed by atoms with Crippen LogP contribution >= 0.6 is 0 Å². The summed E-state index contributed by atoms with van der Waals surface area (Å²) in [6, 6.07) is 23.0. The monoisotopic (exact) mass is 780 g/mol. The van der Waals surface area contributed by atoms with Gasteiger partial charge in [-0.3, -0.25) is 19.8 Å². The van der Waals surface area contributed by atoms with Crippen LogP contribution in [0, 0.1) is 6.92 Å². The predicted molar refractivity (Wildman–Crippen MR) is 229 cm³/mol. The molecule has 58 heavy (non-hydrogen) atoms. The number of amides is 2. The van der Waals surface area contributed by atoms with Crippen LogP contribution in [-0.2, 0) is 9.59 Å². The Morgan fingerprint density at radius 1 is 0.828 bits per heavy atom. The summed E-state index contributed by atoms with van der Waals surface area (Å²) in [5.41, 5.74) is 9.58. The van der Waals surface area contributed by atoms with E-state index in [0.717, 1.165) is 104 Å². The van der Waals surface area contributed by atoms with Gasteiger partial charge in [-0.05, 0) is 124 Å². The summed E-state index contributed by atoms with van der Waals surface area (Å²) in [7, 11) is 0. The summed E-state index contributed by atoms with van der Waals surface area (Å²) in [6.45, 7) is 12.2. The Bertz CT molecular complexity index is 2250. The molecule has 3 saturated heterocycles. The smallest absolute Gasteiger partial charge is 0.249 e. The number of imide groups is 1. The van der Waals surface area contributed by atoms with Crippen molar-refractivity contribution in [1.29, 1.82) is 0 Å². The minimum Gasteiger partial charge on any atom is -0.474 e. The van der Waals surface area contributed by atoms with E-state index in [9.17, 15) is 9.59 Å². The van der Waals surface area contributed by atoms with Gasteiger partial charge in [0.1, 0.15) is 18.3 Å². The third kappa shape index (κ3) is 8.56. The van der Waals surface area contributed by atoms with Crippen LogP contribution in [0.25, 0.3) is 22.0 Å². The van der Waals surface area contributed by atoms with Gasteiger partial charge in [0, 0.05) is 79.6 Å². The van der Waals surface area contributed by atoms with Gasteiger partial charge < -0.3 is 30.5 Å². The van der Waals surface area contributed by atoms with Gasteiger partial charge in [-0.1, -0.05) is 24.3 Å². The molecule has 2 aromatic heterocycles. The molecule has 4 aliphatic heterocycles. The molecule has 6 heterocycles. The molecule has 5 aromatic rings. The van der Waals surface area contributed by atoms with Crippen molar-refractivity contribution in [2.45, 2.75) is 51.0 Å². The number of aromatic nitrogens is 3. The number of hydrogen-bond acceptors (Lipinski definition) is 12. The molecule has 300 valence electrons. The normalized spacial score (nSPS) is 19.3. The Morgan fingerprint density at radius 3 is 2.36 bits per heavy atom. The van der Waals surface area contributed by atoms with Gasteiger partial charge in [-0.25, -0.2) is 15.0 Å². The number of carbonyl (C=O) groups excluding carboxylic acids is 2. The van der Waals surface area contributed by atoms with Crippen LogP contribution in [0.2, 0.25) is 0 Å². The van der Waals surface area contributed by atoms with Crippen LogP contribution in [0.5, 0.6) is 5.88 Å². The van der Waals surface area contributed by atoms with Gasteiger partial charge in [0.15, 0.2) is 0 Å². The molecule has 2 amide bonds. The molecular weight excluding hydrogens is 729 g/mol. The number of fused-ring (bicyclic) bond motifs is 2. The fraction of sp³-hybridized carbons (Fsp3) is 0.400. The van der Waals surface area contributed by atoms with E-state index in [1.54, 1.807) is 0 Å². The zero-order valence-corrected chi connectivity index (χ0v) is 33.2. The lowest BCUT2D eigenvalue weighted by Gasteiger charge is -2.37. The van der Waals surface area contributed by atoms with Gasteiger partial charge in [0.2, 0.25) is 23.6 Å². The molecule has 3 fully saturated rings. The standard InChI is InChI=1S/C45H52N10O3/c1-30-38(29-47-44-42(30)46-17-26-58-44)33-3-4-34-28-48-45(51-40(34)27-33)50-36-7-5-31(6-8-36)32-15-20-53(21-16-32)18-2-19-54-22-24-55(25-23-54)37-11-9-35(10-12-37)49-39-13-14-41(56)52-43(39)57/h3-12,27-29,32,39,46,49H,2,13-26H2,1H3,(H,48,50,51)(H,52,56,57). The van der Waals surface area contributed by atoms with E-state index >= 15 is 0 Å². The molecule has 1 unspecified atom stereocenters. The molecule has 13 heteroatoms. The number of piperidine rings is 2. The Balaban J connectivity index is 0.702. The SMILES string of the molecule is Cc1c(-c2ccc3cnc(Nc4ccc(C5CCN(CCCN6CCN(c7ccc(NC8CCC(=O)NC8=O)cc7)CC6)CC5)cc4)nc3c2)cnc2c1NCCO2. The zero-order chi connectivity index (χ0) is 39.4. The van der Waals surface area contributed by atoms with Gasteiger partial charge in [0.05, 0.1) is 5.52 Å². The largest absolute Gasteiger partial charge is 0.474 e. The summed E-state index contributed by atoms with van der Waals surface area (Å²) < 4.78 is 5.72. The van der Waals surface area contributed by atoms with E-state index in [1.807, 2.05) is 24.5 Å². The molecule has 4 aliphatic rings. The Hall–Kier alpha value is -5.79. The van der Waals surface area contributed by atoms with E-state index in [4.69, 9.17) is 9.72 Å². The number of carbonyl (C=O) groups is 2. The quantitative estimate of drug-likeness (QED) is 0.114. The highest BCUT2D eigenvalue weighted by molar-refractivity contribution is 6.01. The highest BCUT2D eigenvalue weighted by Gasteiger charge is 2.27. The minimum absolute atomic E-state index is 0.194. The van der Waals surface area contributed by atoms with Gasteiger partial charge >= 0.3 is 0 Å². The summed E-state index contributed by atoms with van der Waals surface area (Å²) in [6.07, 6.45) is 8.23. The van der Waals surface area contributed by atoms with E-state index in [2.05, 4.69) is 107 Å². The number of benzene rings is 3. The van der Waals surface area contributed by atoms with Crippen molar-refractivity contribution in [1.82, 2.24) is 30.1 Å². The first-order valence-corrected chi connectivity index (χ1v) is 20.8. The molecule has 13 nitrogen and oxygen atoms in total. The molecular formula is C45H52N10O3. The average molecular weight is 781 g/mol. The number of pyridine rings is 1. The first kappa shape index (κ1) is 37.8. The number of nitrogens with one attached hydrogen (secondary N) is 4. The number of ether oxygens (including phenoxy) is 1. The number of nitrogens with zero attached hydrogens (tertiary/aromatic N) is 6. The number of piperazine rings is 1. The molecule has 0 spiro atoms. The number of rotatable bonds is 11. The molecule has 4 N–H and O–H groups in total. The van der Waals surface area contributed by atoms with Crippen molar-refractivity contribution < 1.29 is 14.3 Å². The number of likely N-dealkylation sites (tertiary alicyclic amines) is 1. The number of hydrogen-bond donors (Lipinski definition) is 4. The van der Waals surface area contributed by atoms with Crippen molar-refractivity contribution in [3.8, 4) is 17.0 Å². The molecule has 0 radical (unpaired) electrons. The van der Waals surface area contributed by atoms with Crippen LogP contribution in [0.4, 0.5) is 28.7 Å². The maximum absolute atomic E-state index is 12.1. The van der Waals surface area contributed by atoms with Crippen molar-refractivity contribution >= 4 is 51.4 Å². The third-order valence-electron chi connectivity index (χ3n) is 12.2. The fourth-order valence-electron chi connectivity index (χ4n) is 8.77. The Kier molecular flexibility index (Phi) is 11.1. The second kappa shape index (κ2) is 17.0. The molecule has 0 saturated carbocycles. The van der Waals surface area contributed by atoms with Crippen LogP contribution in [0.3, 0.4) is 0 Å². The minimum atomic E-state index is -0.362. The van der Waals surface area contributed by atoms with Gasteiger partial charge in [0.25, 0.3) is 0 Å². The van der Waals surface area contributed by atoms with E-state index in [1.165, 1.54) is 30.5 Å². The first-order chi connectivity index (χ1) is 28.4. The second-order valence-electron chi connectivity index (χ2n) is 16.0. The lowest BCUT2D eigenvalue weighted by molar-refractivity contribution is -0.133. The van der Waals surface area contributed by atoms with Crippen molar-refractivity contribution in [3.63, 3.8) is 0 Å². The lowest BCUT2D eigenvalue weighted by Crippen LogP contribution is -2.47. The first-order valence-electron chi connectivity index (χ1n) is 20.8. The van der Waals surface area contributed by atoms with Crippen molar-refractivity contribution in [3.05, 3.63) is 90.3 Å². The van der Waals surface area contributed by atoms with Gasteiger partial charge in [-0.15, -0.1) is 0 Å². The summed E-state index contributed by atoms with van der Waals surface area (Å²) in [5.74, 6) is 1.39. The van der Waals surface area contributed by atoms with Crippen LogP contribution < -0.4 is 30.9 Å². The van der Waals surface area contributed by atoms with Crippen LogP contribution in [0.1, 0.15) is 49.1 Å². The average Bonchev–Trinajstić information content (AvgIpc) is 3.26. The van der Waals surface area contributed by atoms with E-state index < -0.39 is 0 Å². The van der Waals surface area contributed by atoms with Crippen molar-refractivity contribution in [2.75, 3.05) is 86.4 Å². The topological polar surface area (TPSA) is 140 Å². The predicted octanol–water partition coefficient (Wildman–Crippen LogP) is 6.16. The third-order valence-corrected chi connectivity index (χ3v) is 12.2. The van der Waals surface area contributed by atoms with E-state index in [-0.39, 0.29) is 17.9 Å². The Labute approximate surface area is 339 Å². The summed E-state index contributed by atoms with van der Waals surface area (Å²) in [4.78, 5) is 45.3. The van der Waals surface area contributed by atoms with Crippen LogP contribution in [0.15, 0.2) is 79.1 Å². The maximum atomic E-state index is 12.1. The summed E-state index contributed by atoms with van der Waals surface area (Å²) in [5, 5.41) is 13.5. The van der Waals surface area contributed by atoms with Crippen LogP contribution in [-0.4, -0.2) is 108 Å². The molecule has 0 bridgehead atoms. The highest BCUT2D eigenvalue weighted by atomic mass is 16.5. The second-order valence-corrected chi connectivity index (χ2v) is 16.0. The van der Waals surface area contributed by atoms with Gasteiger partial charge in [-0.2, -0.15) is 0 Å². The Morgan fingerprint density at radius 2 is 1.59 bits per heavy atom. The lowest BCUT2D eigenvalue weighted by atomic mass is 9.89. The molecule has 9 rings (SSSR count). The fourth-order valence-corrected chi connectivity index (χ4v) is 8.77. The number of anilines is 5. The highest BCUT2D eigenvalue weighted by Crippen LogP contribution is 2.36. The molecule has 1 atom stereocenters. The maximum Gasteiger partial charge on any atom is 0.249 e. The molecule has 0 aliphatic carbocycles.